The predicted molar refractivity (Wildman–Crippen MR) is 109 cm³/mol. The summed E-state index contributed by atoms with van der Waals surface area (Å²) in [6, 6.07) is 0.419. The van der Waals surface area contributed by atoms with Gasteiger partial charge >= 0.3 is 5.97 Å². The van der Waals surface area contributed by atoms with Crippen LogP contribution in [0, 0.1) is 5.82 Å². The number of aromatic carboxylic acids is 1. The summed E-state index contributed by atoms with van der Waals surface area (Å²) in [5, 5.41) is 9.26. The summed E-state index contributed by atoms with van der Waals surface area (Å²) in [5.41, 5.74) is 5.74. The molecule has 2 aliphatic rings. The first-order chi connectivity index (χ1) is 14.4. The zero-order chi connectivity index (χ0) is 21.6. The Morgan fingerprint density at radius 3 is 2.80 bits per heavy atom. The minimum atomic E-state index is -1.44. The molecule has 1 aromatic heterocycles. The Balaban J connectivity index is 1.99. The van der Waals surface area contributed by atoms with Crippen LogP contribution in [-0.4, -0.2) is 48.6 Å². The van der Waals surface area contributed by atoms with Gasteiger partial charge in [0.15, 0.2) is 11.6 Å². The summed E-state index contributed by atoms with van der Waals surface area (Å²) in [5.74, 6) is -2.03. The Morgan fingerprint density at radius 2 is 2.20 bits per heavy atom. The van der Waals surface area contributed by atoms with Gasteiger partial charge in [-0.1, -0.05) is 11.6 Å². The van der Waals surface area contributed by atoms with Crippen molar-refractivity contribution in [3.05, 3.63) is 45.5 Å². The highest BCUT2D eigenvalue weighted by Gasteiger charge is 2.41. The summed E-state index contributed by atoms with van der Waals surface area (Å²) in [7, 11) is 1.36. The number of hydrogen-bond donors (Lipinski definition) is 2. The first-order valence-electron chi connectivity index (χ1n) is 9.83. The van der Waals surface area contributed by atoms with Crippen molar-refractivity contribution < 1.29 is 23.4 Å². The molecule has 4 rings (SSSR count). The molecule has 2 fully saturated rings. The molecule has 1 saturated carbocycles. The number of carbonyl (C=O) groups is 1. The van der Waals surface area contributed by atoms with Crippen LogP contribution in [0.3, 0.4) is 0 Å². The molecule has 7 nitrogen and oxygen atoms in total. The van der Waals surface area contributed by atoms with Crippen LogP contribution in [-0.2, 0) is 0 Å². The minimum Gasteiger partial charge on any atom is -0.492 e. The molecule has 2 aromatic rings. The Bertz CT molecular complexity index is 1110. The van der Waals surface area contributed by atoms with Gasteiger partial charge in [0.1, 0.15) is 17.4 Å². The molecule has 0 amide bonds. The van der Waals surface area contributed by atoms with Gasteiger partial charge in [0.2, 0.25) is 5.43 Å². The van der Waals surface area contributed by atoms with Crippen molar-refractivity contribution in [2.45, 2.75) is 31.5 Å². The molecule has 2 unspecified atom stereocenters. The molecular formula is C21H23F2N3O4. The van der Waals surface area contributed by atoms with Crippen molar-refractivity contribution in [3.63, 3.8) is 0 Å². The number of nitrogens with zero attached hydrogens (tertiary/aromatic N) is 2. The Morgan fingerprint density at radius 1 is 1.47 bits per heavy atom. The lowest BCUT2D eigenvalue weighted by molar-refractivity contribution is 0.0694. The highest BCUT2D eigenvalue weighted by molar-refractivity contribution is 5.97. The summed E-state index contributed by atoms with van der Waals surface area (Å²) >= 11 is 0. The van der Waals surface area contributed by atoms with Gasteiger partial charge in [0.25, 0.3) is 0 Å². The van der Waals surface area contributed by atoms with Crippen LogP contribution in [0.15, 0.2) is 28.7 Å². The number of piperidine rings is 1. The number of benzene rings is 1. The number of alkyl halides is 1. The van der Waals surface area contributed by atoms with E-state index in [1.165, 1.54) is 11.7 Å². The Labute approximate surface area is 171 Å². The van der Waals surface area contributed by atoms with E-state index in [9.17, 15) is 19.1 Å². The lowest BCUT2D eigenvalue weighted by atomic mass is 10.0. The van der Waals surface area contributed by atoms with Crippen molar-refractivity contribution >= 4 is 22.6 Å². The first kappa shape index (κ1) is 20.3. The zero-order valence-electron chi connectivity index (χ0n) is 16.5. The average Bonchev–Trinajstić information content (AvgIpc) is 3.44. The second-order valence-corrected chi connectivity index (χ2v) is 7.66. The van der Waals surface area contributed by atoms with E-state index in [1.54, 1.807) is 0 Å². The third-order valence-corrected chi connectivity index (χ3v) is 5.71. The second kappa shape index (κ2) is 7.71. The second-order valence-electron chi connectivity index (χ2n) is 7.66. The quantitative estimate of drug-likeness (QED) is 0.723. The van der Waals surface area contributed by atoms with E-state index in [4.69, 9.17) is 10.5 Å². The number of carboxylic acids is 1. The van der Waals surface area contributed by atoms with Gasteiger partial charge in [-0.2, -0.15) is 0 Å². The van der Waals surface area contributed by atoms with E-state index in [1.807, 2.05) is 11.0 Å². The molecule has 0 spiro atoms. The van der Waals surface area contributed by atoms with Gasteiger partial charge in [0.05, 0.1) is 24.1 Å². The lowest BCUT2D eigenvalue weighted by Gasteiger charge is -2.32. The summed E-state index contributed by atoms with van der Waals surface area (Å²) in [6.07, 6.45) is 3.74. The molecule has 30 heavy (non-hydrogen) atoms. The molecule has 160 valence electrons. The smallest absolute Gasteiger partial charge is 0.341 e. The average molecular weight is 419 g/mol. The van der Waals surface area contributed by atoms with Crippen molar-refractivity contribution in [3.8, 4) is 5.75 Å². The van der Waals surface area contributed by atoms with E-state index in [-0.39, 0.29) is 28.8 Å². The van der Waals surface area contributed by atoms with Gasteiger partial charge in [0, 0.05) is 32.3 Å². The number of aromatic nitrogens is 1. The number of ether oxygens (including phenoxy) is 1. The number of anilines is 1. The molecule has 2 atom stereocenters. The van der Waals surface area contributed by atoms with E-state index < -0.39 is 35.0 Å². The third kappa shape index (κ3) is 3.32. The van der Waals surface area contributed by atoms with Crippen LogP contribution in [0.25, 0.3) is 10.9 Å². The SMILES string of the molecule is COc1c(N2CCCC(=CCN)C2)c(F)cc2c(=O)c(C(=O)O)cn(C3CC3F)c12. The molecule has 1 aliphatic heterocycles. The van der Waals surface area contributed by atoms with Crippen LogP contribution in [0.5, 0.6) is 5.75 Å². The standard InChI is InChI=1S/C21H23F2N3O4/c1-30-20-17-12(19(27)13(21(28)29)10-26(17)16-8-14(16)22)7-15(23)18(20)25-6-2-3-11(9-25)4-5-24/h4,7,10,14,16H,2-3,5-6,8-9,24H2,1H3,(H,28,29). The lowest BCUT2D eigenvalue weighted by Crippen LogP contribution is -2.33. The van der Waals surface area contributed by atoms with Crippen LogP contribution in [0.4, 0.5) is 14.5 Å². The Hall–Kier alpha value is -2.94. The molecule has 9 heteroatoms. The van der Waals surface area contributed by atoms with Crippen LogP contribution < -0.4 is 20.8 Å². The Kier molecular flexibility index (Phi) is 5.23. The first-order valence-corrected chi connectivity index (χ1v) is 9.83. The monoisotopic (exact) mass is 419 g/mol. The molecular weight excluding hydrogens is 396 g/mol. The van der Waals surface area contributed by atoms with Crippen molar-refractivity contribution in [1.29, 1.82) is 0 Å². The number of rotatable bonds is 5. The van der Waals surface area contributed by atoms with Gasteiger partial charge < -0.3 is 25.0 Å². The summed E-state index contributed by atoms with van der Waals surface area (Å²) in [4.78, 5) is 26.1. The highest BCUT2D eigenvalue weighted by Crippen LogP contribution is 2.45. The maximum absolute atomic E-state index is 15.3. The van der Waals surface area contributed by atoms with E-state index in [2.05, 4.69) is 0 Å². The fraction of sp³-hybridized carbons (Fsp3) is 0.429. The fourth-order valence-electron chi connectivity index (χ4n) is 4.21. The zero-order valence-corrected chi connectivity index (χ0v) is 16.5. The van der Waals surface area contributed by atoms with Crippen molar-refractivity contribution in [2.24, 2.45) is 5.73 Å². The van der Waals surface area contributed by atoms with E-state index >= 15 is 4.39 Å². The largest absolute Gasteiger partial charge is 0.492 e. The van der Waals surface area contributed by atoms with Crippen molar-refractivity contribution in [1.82, 2.24) is 4.57 Å². The van der Waals surface area contributed by atoms with Gasteiger partial charge in [-0.3, -0.25) is 4.79 Å². The summed E-state index contributed by atoms with van der Waals surface area (Å²) in [6.45, 7) is 1.42. The number of halogens is 2. The highest BCUT2D eigenvalue weighted by atomic mass is 19.1. The fourth-order valence-corrected chi connectivity index (χ4v) is 4.21. The molecule has 0 bridgehead atoms. The van der Waals surface area contributed by atoms with Crippen molar-refractivity contribution in [2.75, 3.05) is 31.6 Å². The van der Waals surface area contributed by atoms with Crippen LogP contribution in [0.1, 0.15) is 35.7 Å². The molecule has 1 aromatic carbocycles. The molecule has 1 aliphatic carbocycles. The van der Waals surface area contributed by atoms with Crippen LogP contribution >= 0.6 is 0 Å². The van der Waals surface area contributed by atoms with Gasteiger partial charge in [-0.05, 0) is 18.9 Å². The molecule has 3 N–H and O–H groups in total. The number of fused-ring (bicyclic) bond motifs is 1. The number of pyridine rings is 1. The summed E-state index contributed by atoms with van der Waals surface area (Å²) < 4.78 is 36.2. The predicted octanol–water partition coefficient (Wildman–Crippen LogP) is 2.62. The number of nitrogens with two attached hydrogens (primary N) is 1. The van der Waals surface area contributed by atoms with Gasteiger partial charge in [-0.25, -0.2) is 13.6 Å². The number of carboxylic acid groups (broad SMARTS) is 1. The molecule has 0 radical (unpaired) electrons. The van der Waals surface area contributed by atoms with Crippen LogP contribution in [0.2, 0.25) is 0 Å². The topological polar surface area (TPSA) is 97.8 Å². The molecule has 2 heterocycles. The molecule has 1 saturated heterocycles. The maximum Gasteiger partial charge on any atom is 0.341 e. The van der Waals surface area contributed by atoms with E-state index in [0.717, 1.165) is 30.7 Å². The van der Waals surface area contributed by atoms with E-state index in [0.29, 0.717) is 19.6 Å². The number of hydrogen-bond acceptors (Lipinski definition) is 5. The third-order valence-electron chi connectivity index (χ3n) is 5.71. The number of methoxy groups -OCH3 is 1. The van der Waals surface area contributed by atoms with Gasteiger partial charge in [-0.15, -0.1) is 0 Å². The maximum atomic E-state index is 15.3. The normalized spacial score (nSPS) is 22.5. The minimum absolute atomic E-state index is 0.104.